The third-order valence-corrected chi connectivity index (χ3v) is 3.29. The van der Waals surface area contributed by atoms with Crippen LogP contribution in [0.4, 0.5) is 0 Å². The van der Waals surface area contributed by atoms with Gasteiger partial charge in [-0.3, -0.25) is 0 Å². The van der Waals surface area contributed by atoms with Crippen LogP contribution in [0.2, 0.25) is 0 Å². The van der Waals surface area contributed by atoms with E-state index in [2.05, 4.69) is 6.92 Å². The second-order valence-electron chi connectivity index (χ2n) is 2.31. The summed E-state index contributed by atoms with van der Waals surface area (Å²) in [6, 6.07) is 0. The lowest BCUT2D eigenvalue weighted by atomic mass is 10.1. The molecular formula is C6H13P. The average Bonchev–Trinajstić information content (AvgIpc) is 1.55. The molecule has 42 valence electrons. The van der Waals surface area contributed by atoms with E-state index in [9.17, 15) is 0 Å². The molecule has 0 spiro atoms. The van der Waals surface area contributed by atoms with Crippen LogP contribution in [0, 0.1) is 5.92 Å². The summed E-state index contributed by atoms with van der Waals surface area (Å²) < 4.78 is 0. The third-order valence-electron chi connectivity index (χ3n) is 1.56. The Morgan fingerprint density at radius 1 is 1.57 bits per heavy atom. The zero-order chi connectivity index (χ0) is 5.11. The number of hydrogen-bond donors (Lipinski definition) is 0. The van der Waals surface area contributed by atoms with Crippen LogP contribution in [-0.2, 0) is 0 Å². The molecule has 1 rings (SSSR count). The lowest BCUT2D eigenvalue weighted by Gasteiger charge is -2.24. The molecule has 0 atom stereocenters. The zero-order valence-electron chi connectivity index (χ0n) is 4.91. The molecule has 0 radical (unpaired) electrons. The Hall–Kier alpha value is 0.430. The topological polar surface area (TPSA) is 0 Å². The zero-order valence-corrected chi connectivity index (χ0v) is 5.91. The molecule has 0 saturated carbocycles. The van der Waals surface area contributed by atoms with Gasteiger partial charge in [-0.25, -0.2) is 0 Å². The maximum absolute atomic E-state index is 2.28. The summed E-state index contributed by atoms with van der Waals surface area (Å²) in [5.74, 6) is 1.14. The molecule has 0 bridgehead atoms. The maximum Gasteiger partial charge on any atom is -0.0322 e. The lowest BCUT2D eigenvalue weighted by molar-refractivity contribution is 0.563. The van der Waals surface area contributed by atoms with Crippen LogP contribution in [0.5, 0.6) is 0 Å². The highest BCUT2D eigenvalue weighted by Crippen LogP contribution is 2.33. The number of hydrogen-bond acceptors (Lipinski definition) is 0. The highest BCUT2D eigenvalue weighted by molar-refractivity contribution is 7.39. The van der Waals surface area contributed by atoms with Gasteiger partial charge >= 0.3 is 0 Å². The SMILES string of the molecule is CCCC1CPC1. The van der Waals surface area contributed by atoms with Crippen LogP contribution in [0.1, 0.15) is 19.8 Å². The molecule has 0 aromatic carbocycles. The van der Waals surface area contributed by atoms with Crippen molar-refractivity contribution in [2.45, 2.75) is 19.8 Å². The molecule has 0 aromatic heterocycles. The van der Waals surface area contributed by atoms with Crippen molar-refractivity contribution in [3.63, 3.8) is 0 Å². The minimum Gasteiger partial charge on any atom is -0.122 e. The van der Waals surface area contributed by atoms with Crippen molar-refractivity contribution >= 4 is 8.58 Å². The average molecular weight is 116 g/mol. The standard InChI is InChI=1S/C6H13P/c1-2-3-6-4-7-5-6/h6-7H,2-5H2,1H3. The van der Waals surface area contributed by atoms with Crippen molar-refractivity contribution in [3.05, 3.63) is 0 Å². The predicted molar refractivity (Wildman–Crippen MR) is 36.4 cm³/mol. The van der Waals surface area contributed by atoms with E-state index >= 15 is 0 Å². The van der Waals surface area contributed by atoms with Gasteiger partial charge in [0.1, 0.15) is 0 Å². The molecule has 1 heterocycles. The first-order valence-corrected chi connectivity index (χ1v) is 4.55. The fourth-order valence-corrected chi connectivity index (χ4v) is 2.07. The largest absolute Gasteiger partial charge is 0.122 e. The summed E-state index contributed by atoms with van der Waals surface area (Å²) in [4.78, 5) is 0. The summed E-state index contributed by atoms with van der Waals surface area (Å²) in [5.41, 5.74) is 0. The fourth-order valence-electron chi connectivity index (χ4n) is 0.961. The molecule has 0 aliphatic carbocycles. The molecule has 1 aliphatic heterocycles. The molecule has 0 nitrogen and oxygen atoms in total. The molecule has 7 heavy (non-hydrogen) atoms. The molecule has 0 unspecified atom stereocenters. The van der Waals surface area contributed by atoms with E-state index in [0.29, 0.717) is 0 Å². The Balaban J connectivity index is 1.93. The van der Waals surface area contributed by atoms with Crippen LogP contribution >= 0.6 is 8.58 Å². The van der Waals surface area contributed by atoms with Crippen molar-refractivity contribution in [2.75, 3.05) is 12.3 Å². The van der Waals surface area contributed by atoms with Crippen LogP contribution in [0.3, 0.4) is 0 Å². The smallest absolute Gasteiger partial charge is 0.0322 e. The minimum atomic E-state index is 1.14. The van der Waals surface area contributed by atoms with Gasteiger partial charge in [-0.05, 0) is 18.2 Å². The van der Waals surface area contributed by atoms with Gasteiger partial charge in [0.25, 0.3) is 0 Å². The van der Waals surface area contributed by atoms with E-state index in [-0.39, 0.29) is 0 Å². The third kappa shape index (κ3) is 1.42. The predicted octanol–water partition coefficient (Wildman–Crippen LogP) is 2.09. The summed E-state index contributed by atoms with van der Waals surface area (Å²) in [7, 11) is 1.31. The maximum atomic E-state index is 2.28. The number of rotatable bonds is 2. The van der Waals surface area contributed by atoms with E-state index in [1.165, 1.54) is 21.4 Å². The summed E-state index contributed by atoms with van der Waals surface area (Å²) in [6.45, 7) is 2.28. The van der Waals surface area contributed by atoms with E-state index < -0.39 is 0 Å². The summed E-state index contributed by atoms with van der Waals surface area (Å²) in [5, 5.41) is 0. The van der Waals surface area contributed by atoms with Crippen LogP contribution < -0.4 is 0 Å². The molecule has 1 saturated heterocycles. The van der Waals surface area contributed by atoms with Gasteiger partial charge in [-0.1, -0.05) is 19.8 Å². The van der Waals surface area contributed by atoms with Gasteiger partial charge in [0.2, 0.25) is 0 Å². The first-order chi connectivity index (χ1) is 3.43. The Kier molecular flexibility index (Phi) is 2.12. The fraction of sp³-hybridized carbons (Fsp3) is 1.00. The van der Waals surface area contributed by atoms with Gasteiger partial charge in [-0.2, -0.15) is 0 Å². The van der Waals surface area contributed by atoms with E-state index in [4.69, 9.17) is 0 Å². The Morgan fingerprint density at radius 3 is 2.43 bits per heavy atom. The Morgan fingerprint density at radius 2 is 2.29 bits per heavy atom. The highest BCUT2D eigenvalue weighted by atomic mass is 31.1. The Bertz CT molecular complexity index is 48.1. The molecule has 1 heteroatoms. The highest BCUT2D eigenvalue weighted by Gasteiger charge is 2.14. The van der Waals surface area contributed by atoms with Gasteiger partial charge < -0.3 is 0 Å². The van der Waals surface area contributed by atoms with Gasteiger partial charge in [0.05, 0.1) is 0 Å². The molecule has 1 fully saturated rings. The van der Waals surface area contributed by atoms with E-state index in [1.807, 2.05) is 0 Å². The van der Waals surface area contributed by atoms with E-state index in [1.54, 1.807) is 12.3 Å². The van der Waals surface area contributed by atoms with Gasteiger partial charge in [0, 0.05) is 0 Å². The second kappa shape index (κ2) is 2.67. The van der Waals surface area contributed by atoms with Crippen LogP contribution in [-0.4, -0.2) is 12.3 Å². The molecule has 0 aromatic rings. The van der Waals surface area contributed by atoms with Crippen molar-refractivity contribution in [1.29, 1.82) is 0 Å². The first-order valence-electron chi connectivity index (χ1n) is 3.14. The summed E-state index contributed by atoms with van der Waals surface area (Å²) in [6.07, 6.45) is 5.99. The second-order valence-corrected chi connectivity index (χ2v) is 3.63. The summed E-state index contributed by atoms with van der Waals surface area (Å²) >= 11 is 0. The molecule has 0 N–H and O–H groups in total. The van der Waals surface area contributed by atoms with Crippen molar-refractivity contribution in [3.8, 4) is 0 Å². The molecule has 1 aliphatic rings. The molecule has 0 amide bonds. The first kappa shape index (κ1) is 5.56. The van der Waals surface area contributed by atoms with Crippen LogP contribution in [0.15, 0.2) is 0 Å². The van der Waals surface area contributed by atoms with Crippen molar-refractivity contribution in [1.82, 2.24) is 0 Å². The van der Waals surface area contributed by atoms with Crippen molar-refractivity contribution < 1.29 is 0 Å². The van der Waals surface area contributed by atoms with Gasteiger partial charge in [0.15, 0.2) is 0 Å². The molecular weight excluding hydrogens is 103 g/mol. The van der Waals surface area contributed by atoms with E-state index in [0.717, 1.165) is 5.92 Å². The lowest BCUT2D eigenvalue weighted by Crippen LogP contribution is -2.14. The normalized spacial score (nSPS) is 33.0. The monoisotopic (exact) mass is 116 g/mol. The van der Waals surface area contributed by atoms with Crippen LogP contribution in [0.25, 0.3) is 0 Å². The van der Waals surface area contributed by atoms with Gasteiger partial charge in [-0.15, -0.1) is 8.58 Å². The quantitative estimate of drug-likeness (QED) is 0.484. The Labute approximate surface area is 47.5 Å². The minimum absolute atomic E-state index is 1.14. The van der Waals surface area contributed by atoms with Crippen molar-refractivity contribution in [2.24, 2.45) is 5.92 Å².